The number of rotatable bonds is 4. The maximum atomic E-state index is 3.40. The van der Waals surface area contributed by atoms with E-state index in [0.29, 0.717) is 0 Å². The first-order valence-electron chi connectivity index (χ1n) is 5.75. The van der Waals surface area contributed by atoms with E-state index in [4.69, 9.17) is 0 Å². The van der Waals surface area contributed by atoms with Gasteiger partial charge in [-0.2, -0.15) is 0 Å². The van der Waals surface area contributed by atoms with Crippen LogP contribution in [-0.2, 0) is 23.3 Å². The number of hydrogen-bond donors (Lipinski definition) is 1. The Labute approximate surface area is 115 Å². The Balaban J connectivity index is 2.21. The Morgan fingerprint density at radius 1 is 1.41 bits per heavy atom. The van der Waals surface area contributed by atoms with E-state index in [1.807, 2.05) is 17.5 Å². The van der Waals surface area contributed by atoms with Crippen LogP contribution in [0.25, 0.3) is 0 Å². The van der Waals surface area contributed by atoms with E-state index in [0.717, 1.165) is 5.92 Å². The molecule has 0 radical (unpaired) electrons. The molecule has 0 amide bonds. The van der Waals surface area contributed by atoms with Crippen molar-refractivity contribution in [1.29, 1.82) is 0 Å². The molecule has 1 unspecified atom stereocenters. The average molecular weight is 328 g/mol. The minimum atomic E-state index is 0.0166. The molecule has 1 aliphatic rings. The summed E-state index contributed by atoms with van der Waals surface area (Å²) < 4.78 is 3.20. The molecule has 1 nitrogen and oxygen atoms in total. The van der Waals surface area contributed by atoms with Gasteiger partial charge < -0.3 is 0 Å². The monoisotopic (exact) mass is 329 g/mol. The Morgan fingerprint density at radius 2 is 2.29 bits per heavy atom. The normalized spacial score (nSPS) is 18.4. The zero-order chi connectivity index (χ0) is 11.7. The molecule has 0 saturated heterocycles. The van der Waals surface area contributed by atoms with E-state index in [1.54, 1.807) is 0 Å². The van der Waals surface area contributed by atoms with Gasteiger partial charge in [-0.15, -0.1) is 0 Å². The molecule has 2 heterocycles. The zero-order valence-electron chi connectivity index (χ0n) is 9.29. The van der Waals surface area contributed by atoms with Crippen molar-refractivity contribution in [3.63, 3.8) is 0 Å². The molecule has 0 spiro atoms. The van der Waals surface area contributed by atoms with Crippen LogP contribution in [0.5, 0.6) is 0 Å². The molecule has 1 saturated carbocycles. The molecule has 1 N–H and O–H groups in total. The molecule has 2 aromatic rings. The molecule has 1 aliphatic carbocycles. The van der Waals surface area contributed by atoms with Crippen LogP contribution in [0.1, 0.15) is 23.4 Å². The van der Waals surface area contributed by atoms with Gasteiger partial charge in [0.1, 0.15) is 0 Å². The minimum absolute atomic E-state index is 0.0166. The molecule has 17 heavy (non-hydrogen) atoms. The molecule has 2 aromatic heterocycles. The topological polar surface area (TPSA) is 15.8 Å². The van der Waals surface area contributed by atoms with Crippen LogP contribution in [0.3, 0.4) is 0 Å². The van der Waals surface area contributed by atoms with E-state index >= 15 is 0 Å². The van der Waals surface area contributed by atoms with Crippen LogP contribution in [0.4, 0.5) is 0 Å². The van der Waals surface area contributed by atoms with Gasteiger partial charge in [0.15, 0.2) is 0 Å². The summed E-state index contributed by atoms with van der Waals surface area (Å²) in [6.45, 7) is 0. The number of allylic oxidation sites excluding steroid dienone is 1. The van der Waals surface area contributed by atoms with Gasteiger partial charge in [-0.3, -0.25) is 0 Å². The Morgan fingerprint density at radius 3 is 2.82 bits per heavy atom. The molecule has 3 heteroatoms. The van der Waals surface area contributed by atoms with Gasteiger partial charge in [-0.05, 0) is 0 Å². The molecule has 3 rings (SSSR count). The second kappa shape index (κ2) is 4.50. The number of nitrogens with one attached hydrogen (secondary N) is 1. The summed E-state index contributed by atoms with van der Waals surface area (Å²) in [4.78, 5) is 4.82. The maximum absolute atomic E-state index is 3.40. The van der Waals surface area contributed by atoms with Crippen LogP contribution in [0.2, 0.25) is 0 Å². The molecule has 0 aromatic carbocycles. The fourth-order valence-corrected chi connectivity index (χ4v) is 3.93. The average Bonchev–Trinajstić information content (AvgIpc) is 2.87. The molecular formula is C14H13NRuS+. The number of H-pyrrole nitrogens is 1. The van der Waals surface area contributed by atoms with Crippen molar-refractivity contribution in [2.24, 2.45) is 5.92 Å². The van der Waals surface area contributed by atoms with Crippen LogP contribution >= 0.6 is 11.3 Å². The summed E-state index contributed by atoms with van der Waals surface area (Å²) in [6, 6.07) is 8.65. The Hall–Kier alpha value is -0.747. The summed E-state index contributed by atoms with van der Waals surface area (Å²) in [6.07, 6.45) is 6.85. The third-order valence-corrected chi connectivity index (χ3v) is 4.74. The summed E-state index contributed by atoms with van der Waals surface area (Å²) in [5.41, 5.74) is 1.31. The van der Waals surface area contributed by atoms with Crippen molar-refractivity contribution in [3.8, 4) is 0 Å². The second-order valence-electron chi connectivity index (χ2n) is 4.45. The predicted molar refractivity (Wildman–Crippen MR) is 68.2 cm³/mol. The third kappa shape index (κ3) is 1.83. The SMILES string of the molecule is [Ru+]=[C]=CC(c1ccc[nH]1)(c1cccs1)C1CC1. The third-order valence-electron chi connectivity index (χ3n) is 3.47. The first-order valence-corrected chi connectivity index (χ1v) is 7.50. The fourth-order valence-electron chi connectivity index (χ4n) is 2.54. The van der Waals surface area contributed by atoms with Gasteiger partial charge >= 0.3 is 115 Å². The Bertz CT molecular complexity index is 497. The Kier molecular flexibility index (Phi) is 3.00. The summed E-state index contributed by atoms with van der Waals surface area (Å²) in [5.74, 6) is 0.718. The van der Waals surface area contributed by atoms with Crippen molar-refractivity contribution in [1.82, 2.24) is 4.98 Å². The number of aromatic amines is 1. The first-order chi connectivity index (χ1) is 8.38. The van der Waals surface area contributed by atoms with E-state index < -0.39 is 0 Å². The van der Waals surface area contributed by atoms with Crippen molar-refractivity contribution in [2.45, 2.75) is 18.3 Å². The van der Waals surface area contributed by atoms with Crippen molar-refractivity contribution in [3.05, 3.63) is 52.5 Å². The van der Waals surface area contributed by atoms with Gasteiger partial charge in [-0.1, -0.05) is 0 Å². The standard InChI is InChI=1S/C14H13NS.Ru/c1-2-14(11-7-8-11,12-5-3-9-15-12)13-6-4-10-16-13;/h2-6,9-11,15H,7-8H2;/q;+1. The quantitative estimate of drug-likeness (QED) is 0.829. The molecule has 0 aliphatic heterocycles. The van der Waals surface area contributed by atoms with E-state index in [9.17, 15) is 0 Å². The van der Waals surface area contributed by atoms with Crippen molar-refractivity contribution in [2.75, 3.05) is 0 Å². The number of thiophene rings is 1. The predicted octanol–water partition coefficient (Wildman–Crippen LogP) is 3.28. The van der Waals surface area contributed by atoms with Crippen LogP contribution < -0.4 is 0 Å². The van der Waals surface area contributed by atoms with Gasteiger partial charge in [0.2, 0.25) is 0 Å². The van der Waals surface area contributed by atoms with Gasteiger partial charge in [0.25, 0.3) is 0 Å². The van der Waals surface area contributed by atoms with Crippen LogP contribution in [-0.4, -0.2) is 9.25 Å². The van der Waals surface area contributed by atoms with E-state index in [-0.39, 0.29) is 5.41 Å². The van der Waals surface area contributed by atoms with Crippen molar-refractivity contribution < 1.29 is 17.9 Å². The molecule has 1 fully saturated rings. The zero-order valence-corrected chi connectivity index (χ0v) is 11.8. The fraction of sp³-hybridized carbons (Fsp3) is 0.286. The van der Waals surface area contributed by atoms with Crippen molar-refractivity contribution >= 4 is 15.6 Å². The second-order valence-corrected chi connectivity index (χ2v) is 5.90. The summed E-state index contributed by atoms with van der Waals surface area (Å²) in [5, 5.41) is 2.16. The molecule has 1 atom stereocenters. The van der Waals surface area contributed by atoms with Crippen LogP contribution in [0, 0.1) is 5.92 Å². The van der Waals surface area contributed by atoms with Crippen LogP contribution in [0.15, 0.2) is 41.9 Å². The first kappa shape index (κ1) is 11.3. The molecule has 0 bridgehead atoms. The van der Waals surface area contributed by atoms with Gasteiger partial charge in [0.05, 0.1) is 0 Å². The molecular weight excluding hydrogens is 315 g/mol. The van der Waals surface area contributed by atoms with Gasteiger partial charge in [0, 0.05) is 0 Å². The van der Waals surface area contributed by atoms with E-state index in [1.165, 1.54) is 23.4 Å². The number of aromatic nitrogens is 1. The molecule has 87 valence electrons. The van der Waals surface area contributed by atoms with Gasteiger partial charge in [-0.25, -0.2) is 0 Å². The summed E-state index contributed by atoms with van der Waals surface area (Å²) in [7, 11) is 0. The van der Waals surface area contributed by atoms with E-state index in [2.05, 4.69) is 62.8 Å². The number of hydrogen-bond acceptors (Lipinski definition) is 1. The summed E-state index contributed by atoms with van der Waals surface area (Å²) >= 11 is 4.33.